The number of fused-ring (bicyclic) bond motifs is 2. The molecule has 5 heterocycles. The first kappa shape index (κ1) is 26.6. The topological polar surface area (TPSA) is 137 Å². The molecule has 1 amide bonds. The number of amides is 1. The van der Waals surface area contributed by atoms with Crippen LogP contribution in [0.25, 0.3) is 22.2 Å². The number of aliphatic hydroxyl groups is 1. The van der Waals surface area contributed by atoms with Gasteiger partial charge in [0.2, 0.25) is 5.91 Å². The van der Waals surface area contributed by atoms with E-state index < -0.39 is 5.60 Å². The molecule has 6 rings (SSSR count). The lowest BCUT2D eigenvalue weighted by molar-refractivity contribution is -0.135. The third-order valence-electron chi connectivity index (χ3n) is 8.66. The van der Waals surface area contributed by atoms with E-state index >= 15 is 0 Å². The molecule has 2 saturated heterocycles. The molecule has 0 saturated carbocycles. The lowest BCUT2D eigenvalue weighted by Gasteiger charge is -2.43. The molecule has 0 radical (unpaired) electrons. The van der Waals surface area contributed by atoms with E-state index in [2.05, 4.69) is 33.4 Å². The van der Waals surface area contributed by atoms with Crippen LogP contribution in [0.5, 0.6) is 0 Å². The van der Waals surface area contributed by atoms with Crippen molar-refractivity contribution in [2.75, 3.05) is 32.0 Å². The predicted molar refractivity (Wildman–Crippen MR) is 151 cm³/mol. The van der Waals surface area contributed by atoms with Gasteiger partial charge in [0.05, 0.1) is 36.6 Å². The predicted octanol–water partition coefficient (Wildman–Crippen LogP) is 2.98. The van der Waals surface area contributed by atoms with Crippen LogP contribution < -0.4 is 5.73 Å². The fourth-order valence-corrected chi connectivity index (χ4v) is 6.39. The van der Waals surface area contributed by atoms with Crippen molar-refractivity contribution in [1.82, 2.24) is 34.0 Å². The number of hydrogen-bond acceptors (Lipinski definition) is 8. The standard InChI is InChI=1S/C29H38N8O3/c1-19(2)12-23-34-20-6-4-5-7-21(20)36(23)14-24(38)35-10-8-29(9-11-35)13-22(28(3,39)15-40-16-29)37-18-33-25-26(30)31-17-32-27(25)37/h4-7,17-19,22,39H,8-16H2,1-3H3,(H2,30,31,32)/t22-,28-/m1/s1. The molecular formula is C29H38N8O3. The number of rotatable bonds is 5. The van der Waals surface area contributed by atoms with Crippen molar-refractivity contribution in [3.05, 3.63) is 42.7 Å². The lowest BCUT2D eigenvalue weighted by Crippen LogP contribution is -2.47. The highest BCUT2D eigenvalue weighted by Gasteiger charge is 2.47. The average molecular weight is 547 g/mol. The van der Waals surface area contributed by atoms with E-state index in [1.165, 1.54) is 6.33 Å². The van der Waals surface area contributed by atoms with Crippen LogP contribution in [-0.4, -0.2) is 76.9 Å². The molecule has 212 valence electrons. The Hall–Kier alpha value is -3.57. The summed E-state index contributed by atoms with van der Waals surface area (Å²) in [6.07, 6.45) is 6.20. The Morgan fingerprint density at radius 2 is 1.95 bits per heavy atom. The highest BCUT2D eigenvalue weighted by Crippen LogP contribution is 2.46. The number of anilines is 1. The van der Waals surface area contributed by atoms with Gasteiger partial charge in [-0.25, -0.2) is 19.9 Å². The number of hydrogen-bond donors (Lipinski definition) is 2. The molecule has 0 unspecified atom stereocenters. The van der Waals surface area contributed by atoms with Crippen LogP contribution >= 0.6 is 0 Å². The molecule has 1 aromatic carbocycles. The molecular weight excluding hydrogens is 508 g/mol. The van der Waals surface area contributed by atoms with Gasteiger partial charge in [-0.2, -0.15) is 0 Å². The highest BCUT2D eigenvalue weighted by molar-refractivity contribution is 5.82. The molecule has 11 nitrogen and oxygen atoms in total. The smallest absolute Gasteiger partial charge is 0.242 e. The largest absolute Gasteiger partial charge is 0.386 e. The van der Waals surface area contributed by atoms with Gasteiger partial charge in [-0.3, -0.25) is 4.79 Å². The van der Waals surface area contributed by atoms with Gasteiger partial charge >= 0.3 is 0 Å². The Kier molecular flexibility index (Phi) is 6.74. The number of carbonyl (C=O) groups excluding carboxylic acids is 1. The summed E-state index contributed by atoms with van der Waals surface area (Å²) in [6, 6.07) is 7.71. The molecule has 2 aliphatic rings. The van der Waals surface area contributed by atoms with Crippen LogP contribution in [0.1, 0.15) is 51.9 Å². The van der Waals surface area contributed by atoms with Crippen molar-refractivity contribution in [3.8, 4) is 0 Å². The third kappa shape index (κ3) is 4.81. The summed E-state index contributed by atoms with van der Waals surface area (Å²) in [5.41, 5.74) is 7.79. The number of benzene rings is 1. The molecule has 2 atom stereocenters. The van der Waals surface area contributed by atoms with E-state index in [9.17, 15) is 9.90 Å². The molecule has 0 aliphatic carbocycles. The van der Waals surface area contributed by atoms with Crippen molar-refractivity contribution in [2.24, 2.45) is 11.3 Å². The van der Waals surface area contributed by atoms with Crippen molar-refractivity contribution in [3.63, 3.8) is 0 Å². The van der Waals surface area contributed by atoms with E-state index in [-0.39, 0.29) is 30.5 Å². The molecule has 40 heavy (non-hydrogen) atoms. The number of piperidine rings is 1. The van der Waals surface area contributed by atoms with Gasteiger partial charge in [0, 0.05) is 19.5 Å². The van der Waals surface area contributed by atoms with Crippen molar-refractivity contribution in [2.45, 2.75) is 64.6 Å². The second-order valence-corrected chi connectivity index (χ2v) is 12.2. The van der Waals surface area contributed by atoms with E-state index in [0.717, 1.165) is 36.1 Å². The molecule has 3 aromatic heterocycles. The molecule has 4 aromatic rings. The second kappa shape index (κ2) is 10.1. The average Bonchev–Trinajstić information content (AvgIpc) is 3.46. The molecule has 2 aliphatic heterocycles. The minimum Gasteiger partial charge on any atom is -0.386 e. The SMILES string of the molecule is CC(C)Cc1nc2ccccc2n1CC(=O)N1CCC2(CC1)COC[C@@](C)(O)[C@H](n1cnc3c(N)ncnc31)C2. The summed E-state index contributed by atoms with van der Waals surface area (Å²) in [5.74, 6) is 1.82. The van der Waals surface area contributed by atoms with Gasteiger partial charge in [0.25, 0.3) is 0 Å². The van der Waals surface area contributed by atoms with Gasteiger partial charge in [-0.1, -0.05) is 26.0 Å². The Morgan fingerprint density at radius 3 is 2.73 bits per heavy atom. The molecule has 11 heteroatoms. The maximum Gasteiger partial charge on any atom is 0.242 e. The Balaban J connectivity index is 1.20. The van der Waals surface area contributed by atoms with E-state index in [0.29, 0.717) is 49.0 Å². The first-order chi connectivity index (χ1) is 19.2. The van der Waals surface area contributed by atoms with E-state index in [4.69, 9.17) is 15.5 Å². The summed E-state index contributed by atoms with van der Waals surface area (Å²) in [7, 11) is 0. The van der Waals surface area contributed by atoms with Crippen LogP contribution in [0.15, 0.2) is 36.9 Å². The van der Waals surface area contributed by atoms with Gasteiger partial charge in [0.15, 0.2) is 11.5 Å². The quantitative estimate of drug-likeness (QED) is 0.390. The summed E-state index contributed by atoms with van der Waals surface area (Å²) in [5, 5.41) is 11.5. The van der Waals surface area contributed by atoms with Crippen LogP contribution in [0.4, 0.5) is 5.82 Å². The number of likely N-dealkylation sites (tertiary alicyclic amines) is 1. The van der Waals surface area contributed by atoms with Crippen LogP contribution in [0, 0.1) is 11.3 Å². The van der Waals surface area contributed by atoms with Gasteiger partial charge in [-0.15, -0.1) is 0 Å². The first-order valence-corrected chi connectivity index (χ1v) is 14.1. The van der Waals surface area contributed by atoms with Crippen molar-refractivity contribution < 1.29 is 14.6 Å². The molecule has 2 fully saturated rings. The minimum absolute atomic E-state index is 0.105. The molecule has 0 bridgehead atoms. The Morgan fingerprint density at radius 1 is 1.18 bits per heavy atom. The maximum absolute atomic E-state index is 13.6. The number of nitrogen functional groups attached to an aromatic ring is 1. The fraction of sp³-hybridized carbons (Fsp3) is 0.552. The number of imidazole rings is 2. The van der Waals surface area contributed by atoms with Gasteiger partial charge in [0.1, 0.15) is 29.8 Å². The summed E-state index contributed by atoms with van der Waals surface area (Å²) >= 11 is 0. The van der Waals surface area contributed by atoms with E-state index in [1.807, 2.05) is 33.7 Å². The van der Waals surface area contributed by atoms with Crippen LogP contribution in [0.2, 0.25) is 0 Å². The lowest BCUT2D eigenvalue weighted by atomic mass is 9.72. The van der Waals surface area contributed by atoms with Crippen LogP contribution in [-0.2, 0) is 22.5 Å². The highest BCUT2D eigenvalue weighted by atomic mass is 16.5. The van der Waals surface area contributed by atoms with Gasteiger partial charge < -0.3 is 29.6 Å². The maximum atomic E-state index is 13.6. The number of ether oxygens (including phenoxy) is 1. The minimum atomic E-state index is -1.13. The number of carbonyl (C=O) groups is 1. The fourth-order valence-electron chi connectivity index (χ4n) is 6.39. The Bertz CT molecular complexity index is 1530. The van der Waals surface area contributed by atoms with E-state index in [1.54, 1.807) is 13.3 Å². The zero-order valence-electron chi connectivity index (χ0n) is 23.5. The monoisotopic (exact) mass is 546 g/mol. The number of para-hydroxylation sites is 2. The van der Waals surface area contributed by atoms with Crippen LogP contribution in [0.3, 0.4) is 0 Å². The number of aromatic nitrogens is 6. The zero-order chi connectivity index (χ0) is 28.1. The normalized spacial score (nSPS) is 23.3. The second-order valence-electron chi connectivity index (χ2n) is 12.2. The third-order valence-corrected chi connectivity index (χ3v) is 8.66. The number of nitrogens with two attached hydrogens (primary N) is 1. The molecule has 3 N–H and O–H groups in total. The summed E-state index contributed by atoms with van der Waals surface area (Å²) in [4.78, 5) is 33.3. The summed E-state index contributed by atoms with van der Waals surface area (Å²) in [6.45, 7) is 8.45. The van der Waals surface area contributed by atoms with Gasteiger partial charge in [-0.05, 0) is 49.7 Å². The zero-order valence-corrected chi connectivity index (χ0v) is 23.5. The van der Waals surface area contributed by atoms with Crippen molar-refractivity contribution >= 4 is 33.9 Å². The first-order valence-electron chi connectivity index (χ1n) is 14.1. The summed E-state index contributed by atoms with van der Waals surface area (Å²) < 4.78 is 10.1. The van der Waals surface area contributed by atoms with Crippen molar-refractivity contribution in [1.29, 1.82) is 0 Å². The number of nitrogens with zero attached hydrogens (tertiary/aromatic N) is 7. The Labute approximate surface area is 233 Å². The molecule has 1 spiro atoms.